The molecule has 0 amide bonds. The largest absolute Gasteiger partial charge is 0.508 e. The van der Waals surface area contributed by atoms with Gasteiger partial charge in [-0.2, -0.15) is 0 Å². The molecule has 1 aromatic rings. The fourth-order valence-electron chi connectivity index (χ4n) is 2.35. The Kier molecular flexibility index (Phi) is 6.13. The fraction of sp³-hybridized carbons (Fsp3) is 0.412. The zero-order chi connectivity index (χ0) is 18.6. The number of esters is 1. The lowest BCUT2D eigenvalue weighted by atomic mass is 10.1. The van der Waals surface area contributed by atoms with Gasteiger partial charge >= 0.3 is 5.97 Å². The van der Waals surface area contributed by atoms with E-state index in [4.69, 9.17) is 9.47 Å². The number of hydrogen-bond acceptors (Lipinski definition) is 8. The van der Waals surface area contributed by atoms with Crippen LogP contribution in [0.2, 0.25) is 0 Å². The number of rotatable bonds is 0. The van der Waals surface area contributed by atoms with Gasteiger partial charge in [0.05, 0.1) is 13.2 Å². The summed E-state index contributed by atoms with van der Waals surface area (Å²) in [5.41, 5.74) is -0.00729. The van der Waals surface area contributed by atoms with Crippen LogP contribution in [0.3, 0.4) is 0 Å². The molecule has 8 nitrogen and oxygen atoms in total. The van der Waals surface area contributed by atoms with Gasteiger partial charge in [-0.3, -0.25) is 4.79 Å². The summed E-state index contributed by atoms with van der Waals surface area (Å²) < 4.78 is 10.4. The van der Waals surface area contributed by atoms with E-state index in [1.807, 2.05) is 0 Å². The van der Waals surface area contributed by atoms with E-state index in [1.165, 1.54) is 12.1 Å². The molecule has 4 N–H and O–H groups in total. The number of hydrogen-bond donors (Lipinski definition) is 4. The van der Waals surface area contributed by atoms with Crippen molar-refractivity contribution in [3.05, 3.63) is 35.4 Å². The first-order chi connectivity index (χ1) is 11.8. The minimum Gasteiger partial charge on any atom is -0.508 e. The highest BCUT2D eigenvalue weighted by molar-refractivity contribution is 5.95. The predicted molar refractivity (Wildman–Crippen MR) is 85.1 cm³/mol. The van der Waals surface area contributed by atoms with Gasteiger partial charge in [0.1, 0.15) is 35.4 Å². The quantitative estimate of drug-likeness (QED) is 0.493. The standard InChI is InChI=1S/C17H20O8/c1-9-3-2-4-12(19)16(22)14(21)8-24-7-10-5-11(18)6-13(20)15(10)17(23)25-9/h2,4-6,9,14,16,18,20-22H,3,7-8H2,1H3/b4-2-/t9-,14-,16+/m0/s1. The SMILES string of the molecule is C[C@H]1C/C=C\C(=O)[C@@H](O)[C@@H](O)COCc2cc(O)cc(O)c2C(=O)O1. The van der Waals surface area contributed by atoms with Crippen LogP contribution in [0.25, 0.3) is 0 Å². The molecule has 1 aliphatic rings. The number of aromatic hydroxyl groups is 2. The fourth-order valence-corrected chi connectivity index (χ4v) is 2.35. The summed E-state index contributed by atoms with van der Waals surface area (Å²) in [6.45, 7) is 0.953. The molecule has 0 radical (unpaired) electrons. The van der Waals surface area contributed by atoms with Crippen LogP contribution in [0, 0.1) is 0 Å². The van der Waals surface area contributed by atoms with Crippen molar-refractivity contribution in [2.75, 3.05) is 6.61 Å². The highest BCUT2D eigenvalue weighted by Gasteiger charge is 2.25. The van der Waals surface area contributed by atoms with Gasteiger partial charge in [-0.25, -0.2) is 4.79 Å². The van der Waals surface area contributed by atoms with E-state index < -0.39 is 35.8 Å². The average molecular weight is 352 g/mol. The Balaban J connectivity index is 2.34. The molecule has 0 fully saturated rings. The minimum atomic E-state index is -1.64. The molecule has 0 spiro atoms. The number of ketones is 1. The summed E-state index contributed by atoms with van der Waals surface area (Å²) in [7, 11) is 0. The van der Waals surface area contributed by atoms with Crippen molar-refractivity contribution in [2.45, 2.75) is 38.3 Å². The van der Waals surface area contributed by atoms with Crippen LogP contribution in [-0.4, -0.2) is 57.1 Å². The van der Waals surface area contributed by atoms with Crippen LogP contribution in [0.4, 0.5) is 0 Å². The summed E-state index contributed by atoms with van der Waals surface area (Å²) in [6.07, 6.45) is -0.991. The molecule has 0 aromatic heterocycles. The van der Waals surface area contributed by atoms with Crippen LogP contribution in [0.1, 0.15) is 29.3 Å². The highest BCUT2D eigenvalue weighted by atomic mass is 16.5. The normalized spacial score (nSPS) is 27.1. The van der Waals surface area contributed by atoms with Crippen LogP contribution in [0.15, 0.2) is 24.3 Å². The second kappa shape index (κ2) is 8.11. The smallest absolute Gasteiger partial charge is 0.342 e. The van der Waals surface area contributed by atoms with Crippen LogP contribution in [-0.2, 0) is 20.9 Å². The maximum atomic E-state index is 12.3. The Labute approximate surface area is 143 Å². The summed E-state index contributed by atoms with van der Waals surface area (Å²) in [5, 5.41) is 39.1. The van der Waals surface area contributed by atoms with Crippen molar-refractivity contribution >= 4 is 11.8 Å². The predicted octanol–water partition coefficient (Wildman–Crippen LogP) is 0.410. The molecule has 0 unspecified atom stereocenters. The summed E-state index contributed by atoms with van der Waals surface area (Å²) in [4.78, 5) is 24.0. The lowest BCUT2D eigenvalue weighted by molar-refractivity contribution is -0.130. The van der Waals surface area contributed by atoms with Crippen molar-refractivity contribution in [3.63, 3.8) is 0 Å². The molecule has 0 aliphatic carbocycles. The van der Waals surface area contributed by atoms with E-state index in [-0.39, 0.29) is 36.5 Å². The number of carbonyl (C=O) groups excluding carboxylic acids is 2. The Morgan fingerprint density at radius 2 is 1.88 bits per heavy atom. The van der Waals surface area contributed by atoms with Crippen LogP contribution < -0.4 is 0 Å². The Morgan fingerprint density at radius 3 is 2.60 bits per heavy atom. The van der Waals surface area contributed by atoms with Crippen molar-refractivity contribution in [1.82, 2.24) is 0 Å². The molecule has 0 saturated carbocycles. The minimum absolute atomic E-state index is 0.148. The molecule has 0 bridgehead atoms. The summed E-state index contributed by atoms with van der Waals surface area (Å²) in [5.74, 6) is -2.24. The van der Waals surface area contributed by atoms with Crippen LogP contribution in [0.5, 0.6) is 11.5 Å². The van der Waals surface area contributed by atoms with Crippen molar-refractivity contribution in [2.24, 2.45) is 0 Å². The van der Waals surface area contributed by atoms with Crippen molar-refractivity contribution in [3.8, 4) is 11.5 Å². The number of aliphatic hydroxyl groups is 2. The number of cyclic esters (lactones) is 1. The summed E-state index contributed by atoms with van der Waals surface area (Å²) >= 11 is 0. The molecule has 0 saturated heterocycles. The Hall–Kier alpha value is -2.42. The first kappa shape index (κ1) is 18.9. The zero-order valence-corrected chi connectivity index (χ0v) is 13.6. The average Bonchev–Trinajstić information content (AvgIpc) is 2.52. The first-order valence-corrected chi connectivity index (χ1v) is 7.69. The van der Waals surface area contributed by atoms with Gasteiger partial charge in [0.25, 0.3) is 0 Å². The van der Waals surface area contributed by atoms with E-state index in [2.05, 4.69) is 0 Å². The topological polar surface area (TPSA) is 134 Å². The number of carbonyl (C=O) groups is 2. The third kappa shape index (κ3) is 4.79. The maximum Gasteiger partial charge on any atom is 0.342 e. The molecular weight excluding hydrogens is 332 g/mol. The van der Waals surface area contributed by atoms with Gasteiger partial charge in [0, 0.05) is 12.5 Å². The third-order valence-corrected chi connectivity index (χ3v) is 3.65. The van der Waals surface area contributed by atoms with Gasteiger partial charge in [-0.05, 0) is 24.6 Å². The molecule has 25 heavy (non-hydrogen) atoms. The number of ether oxygens (including phenoxy) is 2. The molecule has 1 aromatic carbocycles. The second-order valence-electron chi connectivity index (χ2n) is 5.78. The van der Waals surface area contributed by atoms with E-state index >= 15 is 0 Å². The van der Waals surface area contributed by atoms with Gasteiger partial charge in [0.15, 0.2) is 5.78 Å². The van der Waals surface area contributed by atoms with E-state index in [1.54, 1.807) is 6.92 Å². The number of benzene rings is 1. The lowest BCUT2D eigenvalue weighted by Crippen LogP contribution is -2.36. The van der Waals surface area contributed by atoms with E-state index in [0.717, 1.165) is 12.1 Å². The molecule has 8 heteroatoms. The van der Waals surface area contributed by atoms with Gasteiger partial charge in [-0.1, -0.05) is 6.08 Å². The third-order valence-electron chi connectivity index (χ3n) is 3.65. The Morgan fingerprint density at radius 1 is 1.16 bits per heavy atom. The van der Waals surface area contributed by atoms with Gasteiger partial charge in [0.2, 0.25) is 0 Å². The number of phenols is 2. The monoisotopic (exact) mass is 352 g/mol. The van der Waals surface area contributed by atoms with Crippen molar-refractivity contribution in [1.29, 1.82) is 0 Å². The van der Waals surface area contributed by atoms with Crippen LogP contribution >= 0.6 is 0 Å². The number of phenolic OH excluding ortho intramolecular Hbond substituents is 2. The lowest BCUT2D eigenvalue weighted by Gasteiger charge is -2.18. The van der Waals surface area contributed by atoms with E-state index in [9.17, 15) is 30.0 Å². The molecular formula is C17H20O8. The second-order valence-corrected chi connectivity index (χ2v) is 5.78. The van der Waals surface area contributed by atoms with E-state index in [0.29, 0.717) is 0 Å². The molecule has 2 rings (SSSR count). The Bertz CT molecular complexity index is 681. The molecule has 3 atom stereocenters. The zero-order valence-electron chi connectivity index (χ0n) is 13.6. The van der Waals surface area contributed by atoms with Gasteiger partial charge < -0.3 is 29.9 Å². The van der Waals surface area contributed by atoms with Gasteiger partial charge in [-0.15, -0.1) is 0 Å². The highest BCUT2D eigenvalue weighted by Crippen LogP contribution is 2.29. The number of aliphatic hydroxyl groups excluding tert-OH is 2. The number of fused-ring (bicyclic) bond motifs is 1. The maximum absolute atomic E-state index is 12.3. The molecule has 136 valence electrons. The molecule has 1 aliphatic heterocycles. The first-order valence-electron chi connectivity index (χ1n) is 7.69. The van der Waals surface area contributed by atoms with Crippen molar-refractivity contribution < 1.29 is 39.5 Å². The summed E-state index contributed by atoms with van der Waals surface area (Å²) in [6, 6.07) is 2.23. The molecule has 1 heterocycles.